The SMILES string of the molecule is CC1(C)CC(=O)N(c2cn3c(-c4cccc(NC5CNCC5F)n4)cnc3cn2)C1. The van der Waals surface area contributed by atoms with E-state index in [2.05, 4.69) is 39.4 Å². The number of nitrogens with one attached hydrogen (secondary N) is 2. The van der Waals surface area contributed by atoms with Crippen LogP contribution in [0.1, 0.15) is 20.3 Å². The zero-order valence-electron chi connectivity index (χ0n) is 17.0. The van der Waals surface area contributed by atoms with Crippen LogP contribution >= 0.6 is 0 Å². The van der Waals surface area contributed by atoms with Crippen LogP contribution in [-0.4, -0.2) is 57.1 Å². The van der Waals surface area contributed by atoms with Crippen LogP contribution in [0.25, 0.3) is 17.0 Å². The first-order valence-electron chi connectivity index (χ1n) is 10.1. The molecule has 2 aliphatic rings. The summed E-state index contributed by atoms with van der Waals surface area (Å²) in [5.74, 6) is 1.29. The molecule has 2 N–H and O–H groups in total. The maximum absolute atomic E-state index is 13.9. The highest BCUT2D eigenvalue weighted by molar-refractivity contribution is 5.95. The Labute approximate surface area is 173 Å². The summed E-state index contributed by atoms with van der Waals surface area (Å²) < 4.78 is 15.8. The van der Waals surface area contributed by atoms with Gasteiger partial charge in [0.25, 0.3) is 0 Å². The molecule has 2 atom stereocenters. The molecule has 8 nitrogen and oxygen atoms in total. The Kier molecular flexibility index (Phi) is 4.43. The monoisotopic (exact) mass is 409 g/mol. The molecule has 0 radical (unpaired) electrons. The molecule has 0 saturated carbocycles. The predicted octanol–water partition coefficient (Wildman–Crippen LogP) is 2.28. The lowest BCUT2D eigenvalue weighted by Gasteiger charge is -2.19. The van der Waals surface area contributed by atoms with Crippen molar-refractivity contribution < 1.29 is 9.18 Å². The second kappa shape index (κ2) is 7.02. The summed E-state index contributed by atoms with van der Waals surface area (Å²) >= 11 is 0. The van der Waals surface area contributed by atoms with Gasteiger partial charge >= 0.3 is 0 Å². The number of carbonyl (C=O) groups is 1. The maximum Gasteiger partial charge on any atom is 0.228 e. The molecule has 0 bridgehead atoms. The van der Waals surface area contributed by atoms with Gasteiger partial charge in [-0.25, -0.2) is 19.3 Å². The highest BCUT2D eigenvalue weighted by Gasteiger charge is 2.37. The third-order valence-electron chi connectivity index (χ3n) is 5.66. The van der Waals surface area contributed by atoms with E-state index in [0.717, 1.165) is 5.69 Å². The van der Waals surface area contributed by atoms with Crippen molar-refractivity contribution in [1.29, 1.82) is 0 Å². The third kappa shape index (κ3) is 3.39. The van der Waals surface area contributed by atoms with E-state index in [1.807, 2.05) is 28.8 Å². The molecule has 5 heterocycles. The van der Waals surface area contributed by atoms with Gasteiger partial charge in [-0.2, -0.15) is 0 Å². The summed E-state index contributed by atoms with van der Waals surface area (Å²) in [4.78, 5) is 27.7. The van der Waals surface area contributed by atoms with E-state index in [0.29, 0.717) is 49.0 Å². The van der Waals surface area contributed by atoms with Crippen LogP contribution in [0.15, 0.2) is 36.8 Å². The molecule has 0 aliphatic carbocycles. The van der Waals surface area contributed by atoms with Crippen LogP contribution in [0.2, 0.25) is 0 Å². The van der Waals surface area contributed by atoms with Crippen molar-refractivity contribution in [2.45, 2.75) is 32.5 Å². The van der Waals surface area contributed by atoms with E-state index in [1.54, 1.807) is 17.3 Å². The van der Waals surface area contributed by atoms with Gasteiger partial charge < -0.3 is 10.6 Å². The Morgan fingerprint density at radius 2 is 2.10 bits per heavy atom. The summed E-state index contributed by atoms with van der Waals surface area (Å²) in [6.45, 7) is 5.71. The zero-order valence-corrected chi connectivity index (χ0v) is 17.0. The maximum atomic E-state index is 13.9. The van der Waals surface area contributed by atoms with Crippen molar-refractivity contribution in [1.82, 2.24) is 24.7 Å². The fourth-order valence-electron chi connectivity index (χ4n) is 4.13. The second-order valence-corrected chi connectivity index (χ2v) is 8.77. The van der Waals surface area contributed by atoms with Gasteiger partial charge in [0.15, 0.2) is 11.5 Å². The Morgan fingerprint density at radius 1 is 1.23 bits per heavy atom. The summed E-state index contributed by atoms with van der Waals surface area (Å²) in [5.41, 5.74) is 2.09. The van der Waals surface area contributed by atoms with Crippen LogP contribution in [0.4, 0.5) is 16.0 Å². The number of anilines is 2. The highest BCUT2D eigenvalue weighted by Crippen LogP contribution is 2.33. The topological polar surface area (TPSA) is 87.5 Å². The Hall–Kier alpha value is -3.07. The van der Waals surface area contributed by atoms with Crippen molar-refractivity contribution in [3.8, 4) is 11.4 Å². The van der Waals surface area contributed by atoms with Crippen molar-refractivity contribution >= 4 is 23.2 Å². The number of rotatable bonds is 4. The van der Waals surface area contributed by atoms with Crippen molar-refractivity contribution in [3.05, 3.63) is 36.8 Å². The molecule has 3 aromatic heterocycles. The largest absolute Gasteiger partial charge is 0.363 e. The number of amides is 1. The van der Waals surface area contributed by atoms with Crippen molar-refractivity contribution in [3.63, 3.8) is 0 Å². The van der Waals surface area contributed by atoms with E-state index in [-0.39, 0.29) is 17.4 Å². The number of fused-ring (bicyclic) bond motifs is 1. The molecule has 0 aromatic carbocycles. The first-order chi connectivity index (χ1) is 14.4. The molecule has 9 heteroatoms. The number of imidazole rings is 1. The van der Waals surface area contributed by atoms with Crippen LogP contribution in [-0.2, 0) is 4.79 Å². The van der Waals surface area contributed by atoms with Gasteiger partial charge in [-0.1, -0.05) is 19.9 Å². The number of hydrogen-bond donors (Lipinski definition) is 2. The summed E-state index contributed by atoms with van der Waals surface area (Å²) in [6.07, 6.45) is 4.79. The van der Waals surface area contributed by atoms with E-state index >= 15 is 0 Å². The first kappa shape index (κ1) is 18.9. The van der Waals surface area contributed by atoms with Gasteiger partial charge in [0.2, 0.25) is 5.91 Å². The third-order valence-corrected chi connectivity index (χ3v) is 5.66. The van der Waals surface area contributed by atoms with Crippen molar-refractivity contribution in [2.24, 2.45) is 5.41 Å². The number of halogens is 1. The smallest absolute Gasteiger partial charge is 0.228 e. The molecule has 5 rings (SSSR count). The Balaban J connectivity index is 1.48. The fraction of sp³-hybridized carbons (Fsp3) is 0.429. The molecule has 1 amide bonds. The number of alkyl halides is 1. The summed E-state index contributed by atoms with van der Waals surface area (Å²) in [6, 6.07) is 5.30. The molecule has 2 unspecified atom stereocenters. The van der Waals surface area contributed by atoms with E-state index in [4.69, 9.17) is 0 Å². The van der Waals surface area contributed by atoms with Gasteiger partial charge in [-0.3, -0.25) is 14.1 Å². The van der Waals surface area contributed by atoms with Crippen LogP contribution in [0, 0.1) is 5.41 Å². The minimum atomic E-state index is -0.942. The van der Waals surface area contributed by atoms with Gasteiger partial charge in [-0.15, -0.1) is 0 Å². The van der Waals surface area contributed by atoms with E-state index in [1.165, 1.54) is 0 Å². The molecule has 0 spiro atoms. The molecular weight excluding hydrogens is 385 g/mol. The number of pyridine rings is 1. The quantitative estimate of drug-likeness (QED) is 0.688. The van der Waals surface area contributed by atoms with Crippen LogP contribution in [0.3, 0.4) is 0 Å². The predicted molar refractivity (Wildman–Crippen MR) is 112 cm³/mol. The van der Waals surface area contributed by atoms with Gasteiger partial charge in [0.05, 0.1) is 36.0 Å². The zero-order chi connectivity index (χ0) is 20.9. The summed E-state index contributed by atoms with van der Waals surface area (Å²) in [7, 11) is 0. The van der Waals surface area contributed by atoms with E-state index in [9.17, 15) is 9.18 Å². The first-order valence-corrected chi connectivity index (χ1v) is 10.1. The van der Waals surface area contributed by atoms with Gasteiger partial charge in [-0.05, 0) is 17.5 Å². The average Bonchev–Trinajstić information content (AvgIpc) is 3.38. The van der Waals surface area contributed by atoms with Crippen LogP contribution in [0.5, 0.6) is 0 Å². The van der Waals surface area contributed by atoms with Gasteiger partial charge in [0.1, 0.15) is 12.0 Å². The number of nitrogens with zero attached hydrogens (tertiary/aromatic N) is 5. The minimum Gasteiger partial charge on any atom is -0.363 e. The average molecular weight is 409 g/mol. The Morgan fingerprint density at radius 3 is 2.83 bits per heavy atom. The molecular formula is C21H24FN7O. The number of hydrogen-bond acceptors (Lipinski definition) is 6. The number of aromatic nitrogens is 4. The molecule has 2 aliphatic heterocycles. The minimum absolute atomic E-state index is 0.0730. The van der Waals surface area contributed by atoms with Crippen LogP contribution < -0.4 is 15.5 Å². The second-order valence-electron chi connectivity index (χ2n) is 8.77. The fourth-order valence-corrected chi connectivity index (χ4v) is 4.13. The molecule has 2 saturated heterocycles. The lowest BCUT2D eigenvalue weighted by Crippen LogP contribution is -2.29. The molecule has 2 fully saturated rings. The van der Waals surface area contributed by atoms with Crippen molar-refractivity contribution in [2.75, 3.05) is 29.9 Å². The van der Waals surface area contributed by atoms with Gasteiger partial charge in [0, 0.05) is 26.1 Å². The lowest BCUT2D eigenvalue weighted by molar-refractivity contribution is -0.117. The molecule has 30 heavy (non-hydrogen) atoms. The normalized spacial score (nSPS) is 23.4. The summed E-state index contributed by atoms with van der Waals surface area (Å²) in [5, 5.41) is 6.20. The molecule has 156 valence electrons. The molecule has 3 aromatic rings. The van der Waals surface area contributed by atoms with E-state index < -0.39 is 6.17 Å². The highest BCUT2D eigenvalue weighted by atomic mass is 19.1. The standard InChI is InChI=1S/C21H24FN7O/c1-21(2)6-20(30)29(12-21)19-11-28-16(9-24-18(28)10-25-19)14-4-3-5-17(26-14)27-15-8-23-7-13(15)22/h3-5,9-11,13,15,23H,6-8,12H2,1-2H3,(H,26,27). The lowest BCUT2D eigenvalue weighted by atomic mass is 9.93. The Bertz CT molecular complexity index is 1110. The number of carbonyl (C=O) groups excluding carboxylic acids is 1.